The molecule has 2 aromatic carbocycles. The number of carbonyl (C=O) groups excluding carboxylic acids is 2. The molecule has 2 rings (SSSR count). The number of hydrogen-bond acceptors (Lipinski definition) is 3. The zero-order chi connectivity index (χ0) is 22.1. The summed E-state index contributed by atoms with van der Waals surface area (Å²) in [6.45, 7) is 8.20. The highest BCUT2D eigenvalue weighted by molar-refractivity contribution is 14.1. The Labute approximate surface area is 193 Å². The predicted octanol–water partition coefficient (Wildman–Crippen LogP) is 4.70. The van der Waals surface area contributed by atoms with Gasteiger partial charge in [0.2, 0.25) is 5.91 Å². The van der Waals surface area contributed by atoms with Crippen molar-refractivity contribution in [3.63, 3.8) is 0 Å². The highest BCUT2D eigenvalue weighted by Crippen LogP contribution is 2.17. The second kappa shape index (κ2) is 11.9. The summed E-state index contributed by atoms with van der Waals surface area (Å²) >= 11 is 2.22. The van der Waals surface area contributed by atoms with E-state index >= 15 is 0 Å². The second-order valence-electron chi connectivity index (χ2n) is 7.43. The van der Waals surface area contributed by atoms with Gasteiger partial charge in [0.1, 0.15) is 11.8 Å². The van der Waals surface area contributed by atoms with E-state index in [0.29, 0.717) is 18.7 Å². The van der Waals surface area contributed by atoms with Crippen LogP contribution in [0, 0.1) is 10.5 Å². The number of aryl methyl sites for hydroxylation is 1. The van der Waals surface area contributed by atoms with Crippen LogP contribution in [-0.2, 0) is 16.1 Å². The largest absolute Gasteiger partial charge is 0.484 e. The topological polar surface area (TPSA) is 58.6 Å². The van der Waals surface area contributed by atoms with Crippen LogP contribution < -0.4 is 10.1 Å². The molecule has 1 N–H and O–H groups in total. The number of amides is 2. The first-order chi connectivity index (χ1) is 14.3. The number of rotatable bonds is 10. The summed E-state index contributed by atoms with van der Waals surface area (Å²) in [5, 5.41) is 3.02. The number of hydrogen-bond donors (Lipinski definition) is 1. The molecule has 0 fully saturated rings. The van der Waals surface area contributed by atoms with Crippen molar-refractivity contribution in [3.8, 4) is 5.75 Å². The fourth-order valence-electron chi connectivity index (χ4n) is 3.09. The molecule has 0 aliphatic heterocycles. The van der Waals surface area contributed by atoms with Gasteiger partial charge < -0.3 is 15.0 Å². The lowest BCUT2D eigenvalue weighted by Gasteiger charge is -2.31. The number of nitrogens with one attached hydrogen (secondary N) is 1. The number of ether oxygens (including phenoxy) is 1. The van der Waals surface area contributed by atoms with Crippen molar-refractivity contribution >= 4 is 34.4 Å². The molecule has 0 saturated heterocycles. The normalized spacial score (nSPS) is 12.7. The number of carbonyl (C=O) groups is 2. The summed E-state index contributed by atoms with van der Waals surface area (Å²) in [5.41, 5.74) is 2.11. The minimum Gasteiger partial charge on any atom is -0.484 e. The fourth-order valence-corrected chi connectivity index (χ4v) is 3.45. The maximum atomic E-state index is 13.2. The van der Waals surface area contributed by atoms with Crippen LogP contribution in [0.3, 0.4) is 0 Å². The highest BCUT2D eigenvalue weighted by Gasteiger charge is 2.29. The molecular formula is C24H31IN2O3. The first-order valence-electron chi connectivity index (χ1n) is 10.4. The minimum absolute atomic E-state index is 0.0602. The zero-order valence-electron chi connectivity index (χ0n) is 18.2. The van der Waals surface area contributed by atoms with Gasteiger partial charge in [-0.1, -0.05) is 38.1 Å². The molecule has 0 spiro atoms. The summed E-state index contributed by atoms with van der Waals surface area (Å²) in [6.07, 6.45) is 1.37. The summed E-state index contributed by atoms with van der Waals surface area (Å²) in [4.78, 5) is 27.8. The molecule has 0 aliphatic rings. The Bertz CT molecular complexity index is 839. The molecule has 0 aliphatic carbocycles. The second-order valence-corrected chi connectivity index (χ2v) is 8.68. The van der Waals surface area contributed by atoms with Gasteiger partial charge in [-0.05, 0) is 84.7 Å². The molecule has 2 aromatic rings. The van der Waals surface area contributed by atoms with E-state index in [0.717, 1.165) is 21.1 Å². The third kappa shape index (κ3) is 7.00. The standard InChI is InChI=1S/C24H31IN2O3/c1-5-18(4)26-24(29)22(6-2)27(15-19-10-8-7-9-17(19)3)23(28)16-30-21-13-11-20(25)12-14-21/h7-14,18,22H,5-6,15-16H2,1-4H3,(H,26,29)/t18-,22-/m0/s1. The van der Waals surface area contributed by atoms with E-state index in [-0.39, 0.29) is 24.5 Å². The first kappa shape index (κ1) is 24.2. The molecule has 5 nitrogen and oxygen atoms in total. The van der Waals surface area contributed by atoms with E-state index in [1.54, 1.807) is 4.90 Å². The van der Waals surface area contributed by atoms with E-state index < -0.39 is 6.04 Å². The Hall–Kier alpha value is -2.09. The number of nitrogens with zero attached hydrogens (tertiary/aromatic N) is 1. The predicted molar refractivity (Wildman–Crippen MR) is 128 cm³/mol. The first-order valence-corrected chi connectivity index (χ1v) is 11.5. The molecule has 2 atom stereocenters. The molecule has 162 valence electrons. The SMILES string of the molecule is CC[C@H](C)NC(=O)[C@H](CC)N(Cc1ccccc1C)C(=O)COc1ccc(I)cc1. The third-order valence-corrected chi connectivity index (χ3v) is 5.88. The van der Waals surface area contributed by atoms with Crippen molar-refractivity contribution in [2.45, 2.75) is 59.2 Å². The molecule has 6 heteroatoms. The van der Waals surface area contributed by atoms with Crippen molar-refractivity contribution in [2.75, 3.05) is 6.61 Å². The molecule has 0 aromatic heterocycles. The van der Waals surface area contributed by atoms with Crippen LogP contribution in [-0.4, -0.2) is 35.4 Å². The van der Waals surface area contributed by atoms with Gasteiger partial charge in [-0.2, -0.15) is 0 Å². The average Bonchev–Trinajstić information content (AvgIpc) is 2.74. The van der Waals surface area contributed by atoms with Crippen LogP contribution in [0.25, 0.3) is 0 Å². The summed E-state index contributed by atoms with van der Waals surface area (Å²) in [6, 6.07) is 15.0. The van der Waals surface area contributed by atoms with Gasteiger partial charge in [0.15, 0.2) is 6.61 Å². The van der Waals surface area contributed by atoms with Crippen LogP contribution in [0.1, 0.15) is 44.7 Å². The maximum Gasteiger partial charge on any atom is 0.261 e. The van der Waals surface area contributed by atoms with Crippen LogP contribution in [0.4, 0.5) is 0 Å². The molecule has 0 radical (unpaired) electrons. The van der Waals surface area contributed by atoms with Crippen molar-refractivity contribution in [2.24, 2.45) is 0 Å². The van der Waals surface area contributed by atoms with E-state index in [1.165, 1.54) is 0 Å². The van der Waals surface area contributed by atoms with Crippen LogP contribution in [0.2, 0.25) is 0 Å². The summed E-state index contributed by atoms with van der Waals surface area (Å²) < 4.78 is 6.82. The van der Waals surface area contributed by atoms with E-state index in [1.807, 2.05) is 76.2 Å². The Morgan fingerprint density at radius 2 is 1.73 bits per heavy atom. The molecule has 0 bridgehead atoms. The van der Waals surface area contributed by atoms with Crippen LogP contribution in [0.5, 0.6) is 5.75 Å². The van der Waals surface area contributed by atoms with Crippen LogP contribution >= 0.6 is 22.6 Å². The van der Waals surface area contributed by atoms with E-state index in [4.69, 9.17) is 4.74 Å². The molecular weight excluding hydrogens is 491 g/mol. The molecule has 0 unspecified atom stereocenters. The van der Waals surface area contributed by atoms with Gasteiger partial charge in [-0.15, -0.1) is 0 Å². The molecule has 30 heavy (non-hydrogen) atoms. The lowest BCUT2D eigenvalue weighted by molar-refractivity contribution is -0.143. The van der Waals surface area contributed by atoms with Crippen molar-refractivity contribution in [3.05, 3.63) is 63.2 Å². The lowest BCUT2D eigenvalue weighted by Crippen LogP contribution is -2.51. The Kier molecular flexibility index (Phi) is 9.62. The molecule has 0 saturated carbocycles. The summed E-state index contributed by atoms with van der Waals surface area (Å²) in [7, 11) is 0. The van der Waals surface area contributed by atoms with Crippen molar-refractivity contribution in [1.82, 2.24) is 10.2 Å². The average molecular weight is 522 g/mol. The van der Waals surface area contributed by atoms with E-state index in [9.17, 15) is 9.59 Å². The quantitative estimate of drug-likeness (QED) is 0.461. The fraction of sp³-hybridized carbons (Fsp3) is 0.417. The van der Waals surface area contributed by atoms with Gasteiger partial charge in [0, 0.05) is 16.2 Å². The van der Waals surface area contributed by atoms with Gasteiger partial charge >= 0.3 is 0 Å². The third-order valence-electron chi connectivity index (χ3n) is 5.16. The molecule has 2 amide bonds. The van der Waals surface area contributed by atoms with Crippen molar-refractivity contribution in [1.29, 1.82) is 0 Å². The maximum absolute atomic E-state index is 13.2. The van der Waals surface area contributed by atoms with Gasteiger partial charge in [-0.3, -0.25) is 9.59 Å². The Morgan fingerprint density at radius 3 is 2.33 bits per heavy atom. The van der Waals surface area contributed by atoms with Crippen molar-refractivity contribution < 1.29 is 14.3 Å². The Morgan fingerprint density at radius 1 is 1.07 bits per heavy atom. The number of halogens is 1. The molecule has 0 heterocycles. The minimum atomic E-state index is -0.550. The number of benzene rings is 2. The Balaban J connectivity index is 2.21. The highest BCUT2D eigenvalue weighted by atomic mass is 127. The van der Waals surface area contributed by atoms with Crippen LogP contribution in [0.15, 0.2) is 48.5 Å². The van der Waals surface area contributed by atoms with Gasteiger partial charge in [-0.25, -0.2) is 0 Å². The van der Waals surface area contributed by atoms with E-state index in [2.05, 4.69) is 27.9 Å². The van der Waals surface area contributed by atoms with Gasteiger partial charge in [0.05, 0.1) is 0 Å². The smallest absolute Gasteiger partial charge is 0.261 e. The van der Waals surface area contributed by atoms with Gasteiger partial charge in [0.25, 0.3) is 5.91 Å². The monoisotopic (exact) mass is 522 g/mol. The lowest BCUT2D eigenvalue weighted by atomic mass is 10.1. The summed E-state index contributed by atoms with van der Waals surface area (Å²) in [5.74, 6) is 0.308. The zero-order valence-corrected chi connectivity index (χ0v) is 20.3.